The minimum atomic E-state index is 0.755. The number of likely N-dealkylation sites (tertiary alicyclic amines) is 1. The number of hydrogen-bond acceptors (Lipinski definition) is 2. The van der Waals surface area contributed by atoms with Gasteiger partial charge in [-0.25, -0.2) is 0 Å². The van der Waals surface area contributed by atoms with E-state index in [-0.39, 0.29) is 0 Å². The number of hydrogen-bond donors (Lipinski definition) is 1. The smallest absolute Gasteiger partial charge is 0.0195 e. The summed E-state index contributed by atoms with van der Waals surface area (Å²) >= 11 is 0. The largest absolute Gasteiger partial charge is 0.313 e. The van der Waals surface area contributed by atoms with E-state index in [0.717, 1.165) is 24.5 Å². The molecule has 1 N–H and O–H groups in total. The van der Waals surface area contributed by atoms with Crippen LogP contribution in [0.5, 0.6) is 0 Å². The molecule has 2 rings (SSSR count). The van der Waals surface area contributed by atoms with E-state index in [1.54, 1.807) is 0 Å². The van der Waals surface area contributed by atoms with Crippen molar-refractivity contribution in [3.8, 4) is 0 Å². The normalized spacial score (nSPS) is 30.4. The van der Waals surface area contributed by atoms with E-state index in [4.69, 9.17) is 0 Å². The molecule has 2 nitrogen and oxygen atoms in total. The van der Waals surface area contributed by atoms with Crippen molar-refractivity contribution in [2.75, 3.05) is 19.6 Å². The van der Waals surface area contributed by atoms with Crippen LogP contribution in [-0.2, 0) is 0 Å². The van der Waals surface area contributed by atoms with Gasteiger partial charge in [-0.1, -0.05) is 19.8 Å². The lowest BCUT2D eigenvalue weighted by molar-refractivity contribution is 0.137. The Morgan fingerprint density at radius 2 is 2.13 bits per heavy atom. The van der Waals surface area contributed by atoms with E-state index in [1.807, 2.05) is 0 Å². The average Bonchev–Trinajstić information content (AvgIpc) is 3.03. The lowest BCUT2D eigenvalue weighted by atomic mass is 10.0. The first-order valence-corrected chi connectivity index (χ1v) is 6.77. The minimum Gasteiger partial charge on any atom is -0.313 e. The Morgan fingerprint density at radius 3 is 2.80 bits per heavy atom. The summed E-state index contributed by atoms with van der Waals surface area (Å²) in [4.78, 5) is 2.70. The molecule has 0 aromatic rings. The zero-order chi connectivity index (χ0) is 10.7. The molecule has 0 amide bonds. The Kier molecular flexibility index (Phi) is 4.04. The van der Waals surface area contributed by atoms with E-state index in [1.165, 1.54) is 45.2 Å². The summed E-state index contributed by atoms with van der Waals surface area (Å²) in [6.07, 6.45) is 7.19. The van der Waals surface area contributed by atoms with Crippen LogP contribution >= 0.6 is 0 Å². The third-order valence-corrected chi connectivity index (χ3v) is 3.94. The molecule has 1 aliphatic carbocycles. The summed E-state index contributed by atoms with van der Waals surface area (Å²) in [5.74, 6) is 1.07. The van der Waals surface area contributed by atoms with Crippen LogP contribution in [0.25, 0.3) is 0 Å². The maximum Gasteiger partial charge on any atom is 0.0195 e. The lowest BCUT2D eigenvalue weighted by Gasteiger charge is -2.37. The van der Waals surface area contributed by atoms with Crippen LogP contribution in [0.2, 0.25) is 0 Å². The maximum absolute atomic E-state index is 3.60. The van der Waals surface area contributed by atoms with Crippen molar-refractivity contribution >= 4 is 0 Å². The zero-order valence-electron chi connectivity index (χ0n) is 10.3. The van der Waals surface area contributed by atoms with E-state index < -0.39 is 0 Å². The van der Waals surface area contributed by atoms with Crippen LogP contribution in [0.4, 0.5) is 0 Å². The fourth-order valence-electron chi connectivity index (χ4n) is 2.85. The molecule has 2 fully saturated rings. The van der Waals surface area contributed by atoms with Gasteiger partial charge in [0, 0.05) is 18.6 Å². The summed E-state index contributed by atoms with van der Waals surface area (Å²) in [5, 5.41) is 3.60. The summed E-state index contributed by atoms with van der Waals surface area (Å²) in [6, 6.07) is 1.57. The van der Waals surface area contributed by atoms with E-state index in [9.17, 15) is 0 Å². The number of nitrogens with zero attached hydrogens (tertiary/aromatic N) is 1. The second-order valence-electron chi connectivity index (χ2n) is 5.42. The van der Waals surface area contributed by atoms with Crippen molar-refractivity contribution in [2.24, 2.45) is 5.92 Å². The van der Waals surface area contributed by atoms with Gasteiger partial charge < -0.3 is 5.32 Å². The SMILES string of the molecule is CCNC1CCCN(C(C)CC2CC2)C1. The predicted molar refractivity (Wildman–Crippen MR) is 65.1 cm³/mol. The number of rotatable bonds is 5. The van der Waals surface area contributed by atoms with Gasteiger partial charge in [0.25, 0.3) is 0 Å². The van der Waals surface area contributed by atoms with Gasteiger partial charge in [-0.15, -0.1) is 0 Å². The molecule has 1 saturated carbocycles. The molecule has 2 aliphatic rings. The second-order valence-corrected chi connectivity index (χ2v) is 5.42. The van der Waals surface area contributed by atoms with Crippen LogP contribution < -0.4 is 5.32 Å². The molecule has 0 bridgehead atoms. The molecule has 0 radical (unpaired) electrons. The Balaban J connectivity index is 1.74. The molecular weight excluding hydrogens is 184 g/mol. The summed E-state index contributed by atoms with van der Waals surface area (Å²) in [6.45, 7) is 8.37. The Labute approximate surface area is 94.4 Å². The van der Waals surface area contributed by atoms with Crippen molar-refractivity contribution in [1.29, 1.82) is 0 Å². The summed E-state index contributed by atoms with van der Waals surface area (Å²) < 4.78 is 0. The monoisotopic (exact) mass is 210 g/mol. The molecule has 2 atom stereocenters. The Morgan fingerprint density at radius 1 is 1.33 bits per heavy atom. The van der Waals surface area contributed by atoms with E-state index in [2.05, 4.69) is 24.1 Å². The standard InChI is InChI=1S/C13H26N2/c1-3-14-13-5-4-8-15(10-13)11(2)9-12-6-7-12/h11-14H,3-10H2,1-2H3. The lowest BCUT2D eigenvalue weighted by Crippen LogP contribution is -2.48. The van der Waals surface area contributed by atoms with Gasteiger partial charge in [0.15, 0.2) is 0 Å². The Bertz CT molecular complexity index is 187. The number of piperidine rings is 1. The van der Waals surface area contributed by atoms with Crippen molar-refractivity contribution in [1.82, 2.24) is 10.2 Å². The van der Waals surface area contributed by atoms with Gasteiger partial charge in [-0.05, 0) is 45.2 Å². The van der Waals surface area contributed by atoms with Crippen LogP contribution in [-0.4, -0.2) is 36.6 Å². The van der Waals surface area contributed by atoms with Crippen molar-refractivity contribution < 1.29 is 0 Å². The van der Waals surface area contributed by atoms with Gasteiger partial charge in [0.05, 0.1) is 0 Å². The quantitative estimate of drug-likeness (QED) is 0.749. The predicted octanol–water partition coefficient (Wildman–Crippen LogP) is 2.25. The average molecular weight is 210 g/mol. The molecule has 0 aromatic heterocycles. The fourth-order valence-corrected chi connectivity index (χ4v) is 2.85. The van der Waals surface area contributed by atoms with Crippen LogP contribution in [0.1, 0.15) is 46.0 Å². The van der Waals surface area contributed by atoms with Crippen molar-refractivity contribution in [3.63, 3.8) is 0 Å². The van der Waals surface area contributed by atoms with Crippen LogP contribution in [0.15, 0.2) is 0 Å². The third kappa shape index (κ3) is 3.46. The van der Waals surface area contributed by atoms with Gasteiger partial charge in [-0.3, -0.25) is 4.90 Å². The zero-order valence-corrected chi connectivity index (χ0v) is 10.3. The van der Waals surface area contributed by atoms with E-state index >= 15 is 0 Å². The molecule has 1 aliphatic heterocycles. The molecular formula is C13H26N2. The van der Waals surface area contributed by atoms with Gasteiger partial charge in [-0.2, -0.15) is 0 Å². The highest BCUT2D eigenvalue weighted by molar-refractivity contribution is 4.84. The van der Waals surface area contributed by atoms with Crippen molar-refractivity contribution in [2.45, 2.75) is 58.0 Å². The highest BCUT2D eigenvalue weighted by Crippen LogP contribution is 2.35. The minimum absolute atomic E-state index is 0.755. The van der Waals surface area contributed by atoms with Gasteiger partial charge in [0.1, 0.15) is 0 Å². The molecule has 0 aromatic carbocycles. The highest BCUT2D eigenvalue weighted by atomic mass is 15.2. The molecule has 88 valence electrons. The first-order valence-electron chi connectivity index (χ1n) is 6.77. The van der Waals surface area contributed by atoms with Crippen LogP contribution in [0.3, 0.4) is 0 Å². The molecule has 2 unspecified atom stereocenters. The topological polar surface area (TPSA) is 15.3 Å². The summed E-state index contributed by atoms with van der Waals surface area (Å²) in [5.41, 5.74) is 0. The Hall–Kier alpha value is -0.0800. The molecule has 0 spiro atoms. The first-order chi connectivity index (χ1) is 7.29. The summed E-state index contributed by atoms with van der Waals surface area (Å²) in [7, 11) is 0. The molecule has 2 heteroatoms. The van der Waals surface area contributed by atoms with Crippen LogP contribution in [0, 0.1) is 5.92 Å². The van der Waals surface area contributed by atoms with Gasteiger partial charge in [0.2, 0.25) is 0 Å². The number of nitrogens with one attached hydrogen (secondary N) is 1. The molecule has 1 saturated heterocycles. The second kappa shape index (κ2) is 5.31. The highest BCUT2D eigenvalue weighted by Gasteiger charge is 2.28. The number of likely N-dealkylation sites (N-methyl/N-ethyl adjacent to an activating group) is 1. The molecule has 1 heterocycles. The first kappa shape index (κ1) is 11.4. The fraction of sp³-hybridized carbons (Fsp3) is 1.00. The molecule has 15 heavy (non-hydrogen) atoms. The van der Waals surface area contributed by atoms with Crippen molar-refractivity contribution in [3.05, 3.63) is 0 Å². The third-order valence-electron chi connectivity index (χ3n) is 3.94. The van der Waals surface area contributed by atoms with Gasteiger partial charge >= 0.3 is 0 Å². The maximum atomic E-state index is 3.60. The van der Waals surface area contributed by atoms with E-state index in [0.29, 0.717) is 0 Å².